The fourth-order valence-corrected chi connectivity index (χ4v) is 3.15. The largest absolute Gasteiger partial charge is 0.328 e. The third-order valence-corrected chi connectivity index (χ3v) is 4.11. The maximum atomic E-state index is 11.8. The Hall–Kier alpha value is 0.150. The third-order valence-electron chi connectivity index (χ3n) is 2.60. The molecule has 0 amide bonds. The second-order valence-corrected chi connectivity index (χ2v) is 6.31. The van der Waals surface area contributed by atoms with Crippen molar-refractivity contribution in [1.29, 1.82) is 0 Å². The van der Waals surface area contributed by atoms with E-state index in [1.807, 2.05) is 6.92 Å². The molecule has 2 unspecified atom stereocenters. The van der Waals surface area contributed by atoms with Crippen molar-refractivity contribution >= 4 is 7.60 Å². The number of hydrogen-bond donors (Lipinski definition) is 1. The van der Waals surface area contributed by atoms with E-state index in [9.17, 15) is 9.46 Å². The molecule has 0 spiro atoms. The molecule has 0 aromatic carbocycles. The van der Waals surface area contributed by atoms with E-state index < -0.39 is 7.60 Å². The molecule has 0 heterocycles. The van der Waals surface area contributed by atoms with Gasteiger partial charge in [0.15, 0.2) is 0 Å². The van der Waals surface area contributed by atoms with Gasteiger partial charge in [0, 0.05) is 6.16 Å². The van der Waals surface area contributed by atoms with Crippen LogP contribution in [0.25, 0.3) is 0 Å². The van der Waals surface area contributed by atoms with Crippen molar-refractivity contribution in [3.8, 4) is 0 Å². The number of hydrogen-bond acceptors (Lipinski definition) is 2. The zero-order valence-electron chi connectivity index (χ0n) is 10.9. The van der Waals surface area contributed by atoms with Crippen molar-refractivity contribution in [2.75, 3.05) is 6.16 Å². The summed E-state index contributed by atoms with van der Waals surface area (Å²) in [6.07, 6.45) is 6.93. The van der Waals surface area contributed by atoms with Crippen molar-refractivity contribution in [1.82, 2.24) is 0 Å². The summed E-state index contributed by atoms with van der Waals surface area (Å²) in [7, 11) is -3.34. The zero-order chi connectivity index (χ0) is 12.4. The van der Waals surface area contributed by atoms with Crippen LogP contribution in [0.15, 0.2) is 0 Å². The molecule has 2 atom stereocenters. The van der Waals surface area contributed by atoms with Crippen molar-refractivity contribution in [3.63, 3.8) is 0 Å². The lowest BCUT2D eigenvalue weighted by Crippen LogP contribution is -2.12. The Balaban J connectivity index is 4.08. The van der Waals surface area contributed by atoms with Crippen molar-refractivity contribution in [2.45, 2.75) is 71.8 Å². The molecule has 4 heteroatoms. The minimum Gasteiger partial charge on any atom is -0.324 e. The monoisotopic (exact) mass is 250 g/mol. The van der Waals surface area contributed by atoms with Gasteiger partial charge in [0.1, 0.15) is 0 Å². The van der Waals surface area contributed by atoms with Gasteiger partial charge in [0.25, 0.3) is 0 Å². The van der Waals surface area contributed by atoms with Crippen molar-refractivity contribution < 1.29 is 14.0 Å². The van der Waals surface area contributed by atoms with Gasteiger partial charge in [-0.3, -0.25) is 4.57 Å². The fraction of sp³-hybridized carbons (Fsp3) is 1.00. The first kappa shape index (κ1) is 16.1. The normalized spacial score (nSPS) is 17.0. The smallest absolute Gasteiger partial charge is 0.324 e. The Morgan fingerprint density at radius 2 is 1.69 bits per heavy atom. The first-order chi connectivity index (χ1) is 7.55. The summed E-state index contributed by atoms with van der Waals surface area (Å²) in [5, 5.41) is 0. The molecule has 1 N–H and O–H groups in total. The zero-order valence-corrected chi connectivity index (χ0v) is 11.8. The summed E-state index contributed by atoms with van der Waals surface area (Å²) in [6, 6.07) is 0. The molecule has 0 rings (SSSR count). The molecule has 16 heavy (non-hydrogen) atoms. The van der Waals surface area contributed by atoms with E-state index in [1.54, 1.807) is 0 Å². The standard InChI is InChI=1S/C12H27O3P/c1-4-7-10-12(9-6-3)15-16(13,14)11-8-5-2/h12H,4-11H2,1-3H3,(H,13,14). The summed E-state index contributed by atoms with van der Waals surface area (Å²) in [5.41, 5.74) is 0. The molecule has 0 saturated carbocycles. The van der Waals surface area contributed by atoms with Crippen LogP contribution in [0.3, 0.4) is 0 Å². The topological polar surface area (TPSA) is 46.5 Å². The predicted molar refractivity (Wildman–Crippen MR) is 68.9 cm³/mol. The average Bonchev–Trinajstić information content (AvgIpc) is 2.23. The van der Waals surface area contributed by atoms with Gasteiger partial charge >= 0.3 is 7.60 Å². The molecule has 0 aliphatic rings. The lowest BCUT2D eigenvalue weighted by atomic mass is 10.1. The molecule has 0 saturated heterocycles. The van der Waals surface area contributed by atoms with E-state index in [2.05, 4.69) is 13.8 Å². The van der Waals surface area contributed by atoms with Gasteiger partial charge in [0.05, 0.1) is 6.10 Å². The highest BCUT2D eigenvalue weighted by Gasteiger charge is 2.23. The molecular weight excluding hydrogens is 223 g/mol. The van der Waals surface area contributed by atoms with Gasteiger partial charge in [0.2, 0.25) is 0 Å². The molecule has 0 aromatic heterocycles. The third kappa shape index (κ3) is 8.32. The fourth-order valence-electron chi connectivity index (χ4n) is 1.65. The van der Waals surface area contributed by atoms with Crippen LogP contribution in [0.2, 0.25) is 0 Å². The lowest BCUT2D eigenvalue weighted by Gasteiger charge is -2.20. The van der Waals surface area contributed by atoms with Crippen molar-refractivity contribution in [2.24, 2.45) is 0 Å². The van der Waals surface area contributed by atoms with Crippen LogP contribution in [-0.2, 0) is 9.09 Å². The number of unbranched alkanes of at least 4 members (excludes halogenated alkanes) is 2. The summed E-state index contributed by atoms with van der Waals surface area (Å²) >= 11 is 0. The molecule has 98 valence electrons. The van der Waals surface area contributed by atoms with Crippen molar-refractivity contribution in [3.05, 3.63) is 0 Å². The summed E-state index contributed by atoms with van der Waals surface area (Å²) < 4.78 is 17.1. The lowest BCUT2D eigenvalue weighted by molar-refractivity contribution is 0.152. The molecule has 0 fully saturated rings. The van der Waals surface area contributed by atoms with Gasteiger partial charge in [-0.05, 0) is 19.3 Å². The first-order valence-electron chi connectivity index (χ1n) is 6.55. The minimum atomic E-state index is -3.34. The van der Waals surface area contributed by atoms with E-state index in [1.165, 1.54) is 0 Å². The van der Waals surface area contributed by atoms with Crippen LogP contribution in [0.5, 0.6) is 0 Å². The van der Waals surface area contributed by atoms with E-state index in [0.717, 1.165) is 44.9 Å². The van der Waals surface area contributed by atoms with Gasteiger partial charge in [-0.1, -0.05) is 46.5 Å². The van der Waals surface area contributed by atoms with Crippen LogP contribution in [0.1, 0.15) is 65.7 Å². The van der Waals surface area contributed by atoms with E-state index in [0.29, 0.717) is 6.16 Å². The first-order valence-corrected chi connectivity index (χ1v) is 8.32. The SMILES string of the molecule is CCCCC(CCC)OP(=O)(O)CCCC. The van der Waals surface area contributed by atoms with Gasteiger partial charge in [-0.15, -0.1) is 0 Å². The van der Waals surface area contributed by atoms with Crippen LogP contribution in [0, 0.1) is 0 Å². The van der Waals surface area contributed by atoms with E-state index in [4.69, 9.17) is 4.52 Å². The summed E-state index contributed by atoms with van der Waals surface area (Å²) in [4.78, 5) is 9.68. The molecule has 0 radical (unpaired) electrons. The quantitative estimate of drug-likeness (QED) is 0.586. The van der Waals surface area contributed by atoms with Gasteiger partial charge < -0.3 is 9.42 Å². The van der Waals surface area contributed by atoms with E-state index >= 15 is 0 Å². The Morgan fingerprint density at radius 1 is 1.06 bits per heavy atom. The molecule has 0 aliphatic carbocycles. The minimum absolute atomic E-state index is 0.0300. The van der Waals surface area contributed by atoms with E-state index in [-0.39, 0.29) is 6.10 Å². The predicted octanol–water partition coefficient (Wildman–Crippen LogP) is 4.35. The Morgan fingerprint density at radius 3 is 2.19 bits per heavy atom. The molecule has 0 bridgehead atoms. The maximum Gasteiger partial charge on any atom is 0.328 e. The highest BCUT2D eigenvalue weighted by Crippen LogP contribution is 2.45. The highest BCUT2D eigenvalue weighted by atomic mass is 31.2. The highest BCUT2D eigenvalue weighted by molar-refractivity contribution is 7.52. The Kier molecular flexibility index (Phi) is 9.29. The molecule has 3 nitrogen and oxygen atoms in total. The number of rotatable bonds is 10. The second-order valence-electron chi connectivity index (χ2n) is 4.37. The van der Waals surface area contributed by atoms with Crippen LogP contribution in [0.4, 0.5) is 0 Å². The van der Waals surface area contributed by atoms with Gasteiger partial charge in [-0.2, -0.15) is 0 Å². The van der Waals surface area contributed by atoms with Crippen LogP contribution in [-0.4, -0.2) is 17.2 Å². The molecule has 0 aliphatic heterocycles. The average molecular weight is 250 g/mol. The Labute approximate surface area is 100 Å². The van der Waals surface area contributed by atoms with Gasteiger partial charge in [-0.25, -0.2) is 0 Å². The summed E-state index contributed by atoms with van der Waals surface area (Å²) in [6.45, 7) is 6.22. The van der Waals surface area contributed by atoms with Crippen LogP contribution < -0.4 is 0 Å². The maximum absolute atomic E-state index is 11.8. The second kappa shape index (κ2) is 9.21. The molecular formula is C12H27O3P. The molecule has 0 aromatic rings. The Bertz CT molecular complexity index is 206. The van der Waals surface area contributed by atoms with Crippen LogP contribution >= 0.6 is 7.60 Å². The summed E-state index contributed by atoms with van der Waals surface area (Å²) in [5.74, 6) is 0.